The van der Waals surface area contributed by atoms with Crippen molar-refractivity contribution in [2.24, 2.45) is 7.05 Å². The van der Waals surface area contributed by atoms with E-state index in [0.29, 0.717) is 11.3 Å². The third kappa shape index (κ3) is 2.86. The number of carbonyl (C=O) groups excluding carboxylic acids is 1. The summed E-state index contributed by atoms with van der Waals surface area (Å²) in [7, 11) is 3.40. The maximum atomic E-state index is 12.4. The maximum Gasteiger partial charge on any atom is 0.305 e. The van der Waals surface area contributed by atoms with Crippen LogP contribution in [0.1, 0.15) is 28.2 Å². The van der Waals surface area contributed by atoms with Crippen molar-refractivity contribution in [3.05, 3.63) is 23.0 Å². The lowest BCUT2D eigenvalue weighted by Gasteiger charge is -2.17. The molecule has 112 valence electrons. The zero-order chi connectivity index (χ0) is 15.7. The van der Waals surface area contributed by atoms with Crippen LogP contribution in [0, 0.1) is 13.8 Å². The van der Waals surface area contributed by atoms with Gasteiger partial charge in [-0.05, 0) is 19.9 Å². The van der Waals surface area contributed by atoms with Crippen molar-refractivity contribution in [3.8, 4) is 0 Å². The average molecular weight is 290 g/mol. The summed E-state index contributed by atoms with van der Waals surface area (Å²) in [6.07, 6.45) is -0.0805. The van der Waals surface area contributed by atoms with Gasteiger partial charge in [0.05, 0.1) is 23.4 Å². The zero-order valence-electron chi connectivity index (χ0n) is 12.5. The normalized spacial score (nSPS) is 10.9. The number of aromatic nitrogens is 3. The number of pyridine rings is 1. The first kappa shape index (κ1) is 15.0. The van der Waals surface area contributed by atoms with Crippen LogP contribution in [0.2, 0.25) is 0 Å². The van der Waals surface area contributed by atoms with Crippen LogP contribution in [-0.4, -0.2) is 50.2 Å². The molecule has 0 aliphatic carbocycles. The van der Waals surface area contributed by atoms with E-state index in [9.17, 15) is 9.59 Å². The van der Waals surface area contributed by atoms with Crippen molar-refractivity contribution >= 4 is 22.9 Å². The van der Waals surface area contributed by atoms with E-state index in [0.717, 1.165) is 16.7 Å². The minimum atomic E-state index is -0.928. The predicted molar refractivity (Wildman–Crippen MR) is 77.2 cm³/mol. The lowest BCUT2D eigenvalue weighted by atomic mass is 10.1. The van der Waals surface area contributed by atoms with E-state index >= 15 is 0 Å². The fourth-order valence-corrected chi connectivity index (χ4v) is 2.22. The Labute approximate surface area is 122 Å². The molecule has 1 N–H and O–H groups in total. The van der Waals surface area contributed by atoms with E-state index in [1.54, 1.807) is 24.7 Å². The van der Waals surface area contributed by atoms with Gasteiger partial charge in [0, 0.05) is 26.0 Å². The number of fused-ring (bicyclic) bond motifs is 1. The molecule has 2 aromatic heterocycles. The molecule has 0 aromatic carbocycles. The SMILES string of the molecule is Cc1nc2c(cc1C(=O)N(C)CCC(=O)O)c(C)nn2C. The van der Waals surface area contributed by atoms with Crippen LogP contribution < -0.4 is 0 Å². The highest BCUT2D eigenvalue weighted by atomic mass is 16.4. The second-order valence-corrected chi connectivity index (χ2v) is 5.07. The lowest BCUT2D eigenvalue weighted by Crippen LogP contribution is -2.29. The first-order valence-corrected chi connectivity index (χ1v) is 6.59. The minimum Gasteiger partial charge on any atom is -0.481 e. The molecule has 0 atom stereocenters. The molecule has 7 nitrogen and oxygen atoms in total. The number of carboxylic acid groups (broad SMARTS) is 1. The molecular weight excluding hydrogens is 272 g/mol. The molecular formula is C14H18N4O3. The topological polar surface area (TPSA) is 88.3 Å². The van der Waals surface area contributed by atoms with Gasteiger partial charge in [0.2, 0.25) is 0 Å². The van der Waals surface area contributed by atoms with E-state index in [-0.39, 0.29) is 18.9 Å². The molecule has 0 unspecified atom stereocenters. The van der Waals surface area contributed by atoms with Crippen molar-refractivity contribution in [2.45, 2.75) is 20.3 Å². The third-order valence-electron chi connectivity index (χ3n) is 3.43. The molecule has 0 fully saturated rings. The van der Waals surface area contributed by atoms with Crippen LogP contribution >= 0.6 is 0 Å². The third-order valence-corrected chi connectivity index (χ3v) is 3.43. The van der Waals surface area contributed by atoms with Gasteiger partial charge in [0.15, 0.2) is 5.65 Å². The number of carboxylic acids is 1. The second kappa shape index (κ2) is 5.51. The molecule has 0 saturated heterocycles. The Morgan fingerprint density at radius 2 is 2.00 bits per heavy atom. The largest absolute Gasteiger partial charge is 0.481 e. The summed E-state index contributed by atoms with van der Waals surface area (Å²) in [4.78, 5) is 28.8. The van der Waals surface area contributed by atoms with Crippen molar-refractivity contribution in [1.82, 2.24) is 19.7 Å². The van der Waals surface area contributed by atoms with Crippen molar-refractivity contribution < 1.29 is 14.7 Å². The molecule has 2 aromatic rings. The van der Waals surface area contributed by atoms with Gasteiger partial charge < -0.3 is 10.0 Å². The van der Waals surface area contributed by atoms with Crippen molar-refractivity contribution in [1.29, 1.82) is 0 Å². The Morgan fingerprint density at radius 1 is 1.33 bits per heavy atom. The fourth-order valence-electron chi connectivity index (χ4n) is 2.22. The number of nitrogens with zero attached hydrogens (tertiary/aromatic N) is 4. The number of carbonyl (C=O) groups is 2. The highest BCUT2D eigenvalue weighted by Gasteiger charge is 2.18. The summed E-state index contributed by atoms with van der Waals surface area (Å²) >= 11 is 0. The van der Waals surface area contributed by atoms with E-state index in [1.165, 1.54) is 4.90 Å². The van der Waals surface area contributed by atoms with Crippen LogP contribution in [0.5, 0.6) is 0 Å². The van der Waals surface area contributed by atoms with Crippen LogP contribution in [0.25, 0.3) is 11.0 Å². The highest BCUT2D eigenvalue weighted by molar-refractivity contribution is 5.98. The summed E-state index contributed by atoms with van der Waals surface area (Å²) in [5.74, 6) is -1.16. The highest BCUT2D eigenvalue weighted by Crippen LogP contribution is 2.20. The van der Waals surface area contributed by atoms with Gasteiger partial charge in [0.1, 0.15) is 0 Å². The van der Waals surface area contributed by atoms with E-state index in [2.05, 4.69) is 10.1 Å². The predicted octanol–water partition coefficient (Wildman–Crippen LogP) is 1.13. The summed E-state index contributed by atoms with van der Waals surface area (Å²) in [5, 5.41) is 13.8. The van der Waals surface area contributed by atoms with Crippen molar-refractivity contribution in [2.75, 3.05) is 13.6 Å². The summed E-state index contributed by atoms with van der Waals surface area (Å²) in [6.45, 7) is 3.79. The van der Waals surface area contributed by atoms with Crippen LogP contribution in [0.4, 0.5) is 0 Å². The first-order valence-electron chi connectivity index (χ1n) is 6.59. The molecule has 0 spiro atoms. The Morgan fingerprint density at radius 3 is 2.62 bits per heavy atom. The summed E-state index contributed by atoms with van der Waals surface area (Å²) < 4.78 is 1.68. The minimum absolute atomic E-state index is 0.0805. The Kier molecular flexibility index (Phi) is 3.93. The van der Waals surface area contributed by atoms with Gasteiger partial charge in [-0.25, -0.2) is 4.98 Å². The molecule has 0 bridgehead atoms. The quantitative estimate of drug-likeness (QED) is 0.912. The molecule has 1 amide bonds. The fraction of sp³-hybridized carbons (Fsp3) is 0.429. The van der Waals surface area contributed by atoms with E-state index < -0.39 is 5.97 Å². The molecule has 2 rings (SSSR count). The molecule has 21 heavy (non-hydrogen) atoms. The van der Waals surface area contributed by atoms with Crippen molar-refractivity contribution in [3.63, 3.8) is 0 Å². The van der Waals surface area contributed by atoms with Gasteiger partial charge >= 0.3 is 5.97 Å². The Balaban J connectivity index is 2.37. The number of aliphatic carboxylic acids is 1. The first-order chi connectivity index (χ1) is 9.81. The smallest absolute Gasteiger partial charge is 0.305 e. The Bertz CT molecular complexity index is 721. The van der Waals surface area contributed by atoms with E-state index in [4.69, 9.17) is 5.11 Å². The monoisotopic (exact) mass is 290 g/mol. The van der Waals surface area contributed by atoms with Crippen LogP contribution in [0.3, 0.4) is 0 Å². The van der Waals surface area contributed by atoms with Crippen LogP contribution in [-0.2, 0) is 11.8 Å². The number of aryl methyl sites for hydroxylation is 3. The number of hydrogen-bond acceptors (Lipinski definition) is 4. The van der Waals surface area contributed by atoms with Gasteiger partial charge in [-0.2, -0.15) is 5.10 Å². The molecule has 0 aliphatic heterocycles. The molecule has 0 saturated carbocycles. The zero-order valence-corrected chi connectivity index (χ0v) is 12.5. The molecule has 2 heterocycles. The standard InChI is InChI=1S/C14H18N4O3/c1-8-11(14(21)17(3)6-5-12(19)20)7-10-9(2)16-18(4)13(10)15-8/h7H,5-6H2,1-4H3,(H,19,20). The van der Waals surface area contributed by atoms with Gasteiger partial charge in [-0.3, -0.25) is 14.3 Å². The summed E-state index contributed by atoms with van der Waals surface area (Å²) in [5.41, 5.74) is 2.63. The van der Waals surface area contributed by atoms with Gasteiger partial charge in [-0.1, -0.05) is 0 Å². The Hall–Kier alpha value is -2.44. The van der Waals surface area contributed by atoms with Gasteiger partial charge in [0.25, 0.3) is 5.91 Å². The number of amides is 1. The van der Waals surface area contributed by atoms with E-state index in [1.807, 2.05) is 14.0 Å². The van der Waals surface area contributed by atoms with Crippen LogP contribution in [0.15, 0.2) is 6.07 Å². The average Bonchev–Trinajstić information content (AvgIpc) is 2.69. The van der Waals surface area contributed by atoms with Gasteiger partial charge in [-0.15, -0.1) is 0 Å². The summed E-state index contributed by atoms with van der Waals surface area (Å²) in [6, 6.07) is 1.78. The molecule has 7 heteroatoms. The number of rotatable bonds is 4. The maximum absolute atomic E-state index is 12.4. The number of hydrogen-bond donors (Lipinski definition) is 1. The lowest BCUT2D eigenvalue weighted by molar-refractivity contribution is -0.137. The second-order valence-electron chi connectivity index (χ2n) is 5.07. The molecule has 0 aliphatic rings. The molecule has 0 radical (unpaired) electrons.